The third kappa shape index (κ3) is 2.45. The number of aliphatic hydroxyl groups excluding tert-OH is 1. The highest BCUT2D eigenvalue weighted by atomic mass is 32.1. The Balaban J connectivity index is 1.60. The number of ether oxygens (including phenoxy) is 1. The lowest BCUT2D eigenvalue weighted by molar-refractivity contribution is 0.00887. The second kappa shape index (κ2) is 5.31. The SMILES string of the molecule is OC1CCC2CN(CC3(CS)CCOCC3)CC12. The predicted octanol–water partition coefficient (Wildman–Crippen LogP) is 1.42. The highest BCUT2D eigenvalue weighted by Crippen LogP contribution is 2.41. The van der Waals surface area contributed by atoms with Crippen LogP contribution in [0, 0.1) is 17.3 Å². The maximum absolute atomic E-state index is 9.98. The van der Waals surface area contributed by atoms with Crippen molar-refractivity contribution >= 4 is 12.6 Å². The molecule has 0 amide bonds. The van der Waals surface area contributed by atoms with Crippen molar-refractivity contribution in [1.82, 2.24) is 4.90 Å². The highest BCUT2D eigenvalue weighted by molar-refractivity contribution is 7.80. The van der Waals surface area contributed by atoms with E-state index in [1.807, 2.05) is 0 Å². The summed E-state index contributed by atoms with van der Waals surface area (Å²) in [4.78, 5) is 2.58. The predicted molar refractivity (Wildman–Crippen MR) is 75.0 cm³/mol. The zero-order valence-corrected chi connectivity index (χ0v) is 11.9. The van der Waals surface area contributed by atoms with Crippen LogP contribution in [0.25, 0.3) is 0 Å². The van der Waals surface area contributed by atoms with Crippen LogP contribution in [-0.2, 0) is 4.74 Å². The monoisotopic (exact) mass is 271 g/mol. The number of fused-ring (bicyclic) bond motifs is 1. The highest BCUT2D eigenvalue weighted by Gasteiger charge is 2.44. The molecule has 4 heteroatoms. The van der Waals surface area contributed by atoms with E-state index in [1.165, 1.54) is 13.0 Å². The van der Waals surface area contributed by atoms with Crippen LogP contribution in [0.4, 0.5) is 0 Å². The second-order valence-corrected chi connectivity index (χ2v) is 6.85. The normalized spacial score (nSPS) is 40.0. The van der Waals surface area contributed by atoms with E-state index in [1.54, 1.807) is 0 Å². The largest absolute Gasteiger partial charge is 0.393 e. The molecule has 3 nitrogen and oxygen atoms in total. The number of aliphatic hydroxyl groups is 1. The fourth-order valence-electron chi connectivity index (χ4n) is 4.10. The van der Waals surface area contributed by atoms with Gasteiger partial charge in [-0.3, -0.25) is 0 Å². The Labute approximate surface area is 115 Å². The molecule has 104 valence electrons. The van der Waals surface area contributed by atoms with Gasteiger partial charge in [-0.25, -0.2) is 0 Å². The van der Waals surface area contributed by atoms with E-state index in [0.717, 1.165) is 57.2 Å². The van der Waals surface area contributed by atoms with Gasteiger partial charge in [0.1, 0.15) is 0 Å². The molecule has 0 radical (unpaired) electrons. The lowest BCUT2D eigenvalue weighted by Gasteiger charge is -2.39. The van der Waals surface area contributed by atoms with E-state index < -0.39 is 0 Å². The van der Waals surface area contributed by atoms with E-state index in [4.69, 9.17) is 4.74 Å². The number of thiol groups is 1. The first-order valence-corrected chi connectivity index (χ1v) is 7.95. The summed E-state index contributed by atoms with van der Waals surface area (Å²) in [6, 6.07) is 0. The van der Waals surface area contributed by atoms with Gasteiger partial charge in [-0.15, -0.1) is 0 Å². The van der Waals surface area contributed by atoms with E-state index in [-0.39, 0.29) is 6.10 Å². The molecule has 3 fully saturated rings. The van der Waals surface area contributed by atoms with E-state index in [2.05, 4.69) is 17.5 Å². The van der Waals surface area contributed by atoms with Crippen molar-refractivity contribution in [2.45, 2.75) is 31.8 Å². The van der Waals surface area contributed by atoms with Gasteiger partial charge in [-0.1, -0.05) is 0 Å². The molecule has 2 heterocycles. The first-order valence-electron chi connectivity index (χ1n) is 7.31. The van der Waals surface area contributed by atoms with Crippen molar-refractivity contribution in [3.63, 3.8) is 0 Å². The Morgan fingerprint density at radius 3 is 2.67 bits per heavy atom. The Kier molecular flexibility index (Phi) is 3.90. The number of hydrogen-bond acceptors (Lipinski definition) is 4. The lowest BCUT2D eigenvalue weighted by Crippen LogP contribution is -2.42. The second-order valence-electron chi connectivity index (χ2n) is 6.53. The van der Waals surface area contributed by atoms with Gasteiger partial charge in [0.05, 0.1) is 6.10 Å². The Morgan fingerprint density at radius 2 is 2.00 bits per heavy atom. The first-order chi connectivity index (χ1) is 8.72. The Bertz CT molecular complexity index is 294. The molecule has 1 aliphatic carbocycles. The van der Waals surface area contributed by atoms with Crippen LogP contribution in [0.5, 0.6) is 0 Å². The topological polar surface area (TPSA) is 32.7 Å². The molecule has 3 unspecified atom stereocenters. The number of likely N-dealkylation sites (tertiary alicyclic amines) is 1. The number of rotatable bonds is 3. The third-order valence-corrected chi connectivity index (χ3v) is 6.01. The van der Waals surface area contributed by atoms with E-state index in [9.17, 15) is 5.11 Å². The molecule has 1 saturated carbocycles. The summed E-state index contributed by atoms with van der Waals surface area (Å²) < 4.78 is 5.49. The van der Waals surface area contributed by atoms with Crippen LogP contribution in [0.3, 0.4) is 0 Å². The fourth-order valence-corrected chi connectivity index (χ4v) is 4.52. The lowest BCUT2D eigenvalue weighted by atomic mass is 9.81. The summed E-state index contributed by atoms with van der Waals surface area (Å²) in [6.45, 7) is 5.23. The van der Waals surface area contributed by atoms with Crippen molar-refractivity contribution in [2.24, 2.45) is 17.3 Å². The van der Waals surface area contributed by atoms with Gasteiger partial charge in [0, 0.05) is 38.8 Å². The molecule has 0 aromatic carbocycles. The molecule has 2 saturated heterocycles. The molecule has 3 aliphatic rings. The number of hydrogen-bond donors (Lipinski definition) is 2. The van der Waals surface area contributed by atoms with Gasteiger partial charge in [0.25, 0.3) is 0 Å². The summed E-state index contributed by atoms with van der Waals surface area (Å²) in [7, 11) is 0. The van der Waals surface area contributed by atoms with Crippen LogP contribution in [0.2, 0.25) is 0 Å². The van der Waals surface area contributed by atoms with Crippen LogP contribution in [-0.4, -0.2) is 54.7 Å². The first kappa shape index (κ1) is 13.2. The molecule has 2 aliphatic heterocycles. The van der Waals surface area contributed by atoms with Gasteiger partial charge in [0.2, 0.25) is 0 Å². The summed E-state index contributed by atoms with van der Waals surface area (Å²) in [6.07, 6.45) is 4.49. The fraction of sp³-hybridized carbons (Fsp3) is 1.00. The van der Waals surface area contributed by atoms with Gasteiger partial charge < -0.3 is 14.7 Å². The molecule has 3 atom stereocenters. The molecule has 3 rings (SSSR count). The van der Waals surface area contributed by atoms with Crippen molar-refractivity contribution in [3.05, 3.63) is 0 Å². The van der Waals surface area contributed by atoms with Gasteiger partial charge in [-0.2, -0.15) is 12.6 Å². The molecule has 0 bridgehead atoms. The molecular formula is C14H25NO2S. The van der Waals surface area contributed by atoms with Crippen molar-refractivity contribution in [1.29, 1.82) is 0 Å². The van der Waals surface area contributed by atoms with Crippen LogP contribution in [0.1, 0.15) is 25.7 Å². The van der Waals surface area contributed by atoms with Crippen molar-refractivity contribution in [3.8, 4) is 0 Å². The van der Waals surface area contributed by atoms with Crippen LogP contribution in [0.15, 0.2) is 0 Å². The van der Waals surface area contributed by atoms with Crippen LogP contribution < -0.4 is 0 Å². The minimum Gasteiger partial charge on any atom is -0.393 e. The maximum Gasteiger partial charge on any atom is 0.0583 e. The van der Waals surface area contributed by atoms with E-state index >= 15 is 0 Å². The molecule has 0 aromatic rings. The Morgan fingerprint density at radius 1 is 1.22 bits per heavy atom. The minimum absolute atomic E-state index is 0.0401. The quantitative estimate of drug-likeness (QED) is 0.762. The smallest absolute Gasteiger partial charge is 0.0583 e. The maximum atomic E-state index is 9.98. The zero-order chi connectivity index (χ0) is 12.6. The molecule has 18 heavy (non-hydrogen) atoms. The van der Waals surface area contributed by atoms with E-state index in [0.29, 0.717) is 11.3 Å². The Hall–Kier alpha value is 0.230. The van der Waals surface area contributed by atoms with Gasteiger partial charge in [-0.05, 0) is 42.8 Å². The summed E-state index contributed by atoms with van der Waals surface area (Å²) in [5.41, 5.74) is 0.352. The van der Waals surface area contributed by atoms with Crippen molar-refractivity contribution < 1.29 is 9.84 Å². The van der Waals surface area contributed by atoms with Gasteiger partial charge in [0.15, 0.2) is 0 Å². The molecule has 1 N–H and O–H groups in total. The average Bonchev–Trinajstić information content (AvgIpc) is 2.93. The standard InChI is InChI=1S/C14H25NO2S/c16-13-2-1-11-7-15(8-12(11)13)9-14(10-18)3-5-17-6-4-14/h11-13,16,18H,1-10H2. The summed E-state index contributed by atoms with van der Waals surface area (Å²) >= 11 is 4.59. The molecule has 0 aromatic heterocycles. The summed E-state index contributed by atoms with van der Waals surface area (Å²) in [5, 5.41) is 9.98. The molecule has 0 spiro atoms. The zero-order valence-electron chi connectivity index (χ0n) is 11.1. The third-order valence-electron chi connectivity index (χ3n) is 5.34. The molecular weight excluding hydrogens is 246 g/mol. The van der Waals surface area contributed by atoms with Crippen molar-refractivity contribution in [2.75, 3.05) is 38.6 Å². The average molecular weight is 271 g/mol. The summed E-state index contributed by atoms with van der Waals surface area (Å²) in [5.74, 6) is 2.25. The number of nitrogens with zero attached hydrogens (tertiary/aromatic N) is 1. The van der Waals surface area contributed by atoms with Gasteiger partial charge >= 0.3 is 0 Å². The van der Waals surface area contributed by atoms with Crippen LogP contribution >= 0.6 is 12.6 Å². The minimum atomic E-state index is -0.0401.